The summed E-state index contributed by atoms with van der Waals surface area (Å²) in [6.45, 7) is 7.15. The molecule has 1 aliphatic heterocycles. The number of hydrogen-bond donors (Lipinski definition) is 0. The highest BCUT2D eigenvalue weighted by molar-refractivity contribution is 5.89. The van der Waals surface area contributed by atoms with Crippen molar-refractivity contribution in [3.05, 3.63) is 46.8 Å². The largest absolute Gasteiger partial charge is 0.461 e. The molecule has 2 heterocycles. The first kappa shape index (κ1) is 18.2. The monoisotopic (exact) mass is 355 g/mol. The Morgan fingerprint density at radius 3 is 2.58 bits per heavy atom. The van der Waals surface area contributed by atoms with Crippen molar-refractivity contribution in [3.63, 3.8) is 0 Å². The first-order valence-electron chi connectivity index (χ1n) is 9.17. The van der Waals surface area contributed by atoms with E-state index in [2.05, 4.69) is 5.10 Å². The summed E-state index contributed by atoms with van der Waals surface area (Å²) in [5.74, 6) is -0.310. The van der Waals surface area contributed by atoms with Crippen LogP contribution in [0.2, 0.25) is 0 Å². The molecule has 0 aliphatic carbocycles. The van der Waals surface area contributed by atoms with Crippen molar-refractivity contribution in [1.29, 1.82) is 0 Å². The summed E-state index contributed by atoms with van der Waals surface area (Å²) in [4.78, 5) is 26.5. The van der Waals surface area contributed by atoms with Gasteiger partial charge in [0.2, 0.25) is 5.91 Å². The molecule has 0 saturated heterocycles. The lowest BCUT2D eigenvalue weighted by Crippen LogP contribution is -2.36. The number of aryl methyl sites for hydroxylation is 1. The van der Waals surface area contributed by atoms with Crippen LogP contribution in [-0.4, -0.2) is 39.7 Å². The third-order valence-corrected chi connectivity index (χ3v) is 4.62. The minimum Gasteiger partial charge on any atom is -0.461 e. The van der Waals surface area contributed by atoms with Gasteiger partial charge in [-0.25, -0.2) is 9.48 Å². The van der Waals surface area contributed by atoms with Gasteiger partial charge >= 0.3 is 5.97 Å². The molecule has 2 aromatic rings. The molecular weight excluding hydrogens is 330 g/mol. The number of nitrogens with zero attached hydrogens (tertiary/aromatic N) is 3. The van der Waals surface area contributed by atoms with E-state index in [-0.39, 0.29) is 5.91 Å². The van der Waals surface area contributed by atoms with Crippen LogP contribution in [0.25, 0.3) is 5.69 Å². The van der Waals surface area contributed by atoms with Crippen LogP contribution in [0, 0.1) is 6.92 Å². The molecule has 3 rings (SSSR count). The van der Waals surface area contributed by atoms with E-state index in [0.717, 1.165) is 28.9 Å². The number of benzene rings is 1. The van der Waals surface area contributed by atoms with Crippen molar-refractivity contribution in [2.75, 3.05) is 13.2 Å². The molecule has 1 aliphatic rings. The van der Waals surface area contributed by atoms with Gasteiger partial charge in [-0.05, 0) is 32.4 Å². The Kier molecular flexibility index (Phi) is 5.40. The summed E-state index contributed by atoms with van der Waals surface area (Å²) in [5, 5.41) is 4.55. The van der Waals surface area contributed by atoms with Crippen molar-refractivity contribution in [1.82, 2.24) is 14.7 Å². The average molecular weight is 355 g/mol. The maximum atomic E-state index is 12.4. The van der Waals surface area contributed by atoms with Crippen LogP contribution in [-0.2, 0) is 22.5 Å². The lowest BCUT2D eigenvalue weighted by Gasteiger charge is -2.27. The van der Waals surface area contributed by atoms with Crippen LogP contribution in [0.1, 0.15) is 54.0 Å². The third kappa shape index (κ3) is 3.49. The van der Waals surface area contributed by atoms with E-state index < -0.39 is 5.97 Å². The zero-order valence-electron chi connectivity index (χ0n) is 15.6. The second-order valence-corrected chi connectivity index (χ2v) is 6.56. The van der Waals surface area contributed by atoms with Crippen molar-refractivity contribution >= 4 is 11.9 Å². The molecule has 6 heteroatoms. The van der Waals surface area contributed by atoms with Crippen LogP contribution in [0.5, 0.6) is 0 Å². The highest BCUT2D eigenvalue weighted by Gasteiger charge is 2.30. The predicted molar refractivity (Wildman–Crippen MR) is 98.3 cm³/mol. The van der Waals surface area contributed by atoms with E-state index in [1.165, 1.54) is 0 Å². The molecule has 0 radical (unpaired) electrons. The molecule has 0 fully saturated rings. The fourth-order valence-electron chi connectivity index (χ4n) is 3.27. The lowest BCUT2D eigenvalue weighted by molar-refractivity contribution is -0.132. The molecular formula is C20H25N3O3. The van der Waals surface area contributed by atoms with E-state index in [4.69, 9.17) is 4.74 Å². The maximum Gasteiger partial charge on any atom is 0.359 e. The molecule has 1 aromatic heterocycles. The topological polar surface area (TPSA) is 64.4 Å². The molecule has 0 saturated carbocycles. The quantitative estimate of drug-likeness (QED) is 0.773. The van der Waals surface area contributed by atoms with Gasteiger partial charge in [-0.2, -0.15) is 5.10 Å². The first-order valence-corrected chi connectivity index (χ1v) is 9.17. The van der Waals surface area contributed by atoms with Crippen LogP contribution >= 0.6 is 0 Å². The molecule has 0 N–H and O–H groups in total. The van der Waals surface area contributed by atoms with Crippen LogP contribution in [0.3, 0.4) is 0 Å². The standard InChI is InChI=1S/C20H25N3O3/c1-4-6-18(24)22-12-11-17-16(13-22)19(20(25)26-5-2)21-23(17)15-9-7-14(3)8-10-15/h7-10H,4-6,11-13H2,1-3H3. The molecule has 6 nitrogen and oxygen atoms in total. The molecule has 1 amide bonds. The molecule has 0 unspecified atom stereocenters. The summed E-state index contributed by atoms with van der Waals surface area (Å²) in [6.07, 6.45) is 2.01. The van der Waals surface area contributed by atoms with Crippen molar-refractivity contribution < 1.29 is 14.3 Å². The van der Waals surface area contributed by atoms with Gasteiger partial charge in [-0.3, -0.25) is 4.79 Å². The Balaban J connectivity index is 2.01. The highest BCUT2D eigenvalue weighted by Crippen LogP contribution is 2.26. The van der Waals surface area contributed by atoms with Gasteiger partial charge < -0.3 is 9.64 Å². The Morgan fingerprint density at radius 2 is 1.92 bits per heavy atom. The molecule has 138 valence electrons. The zero-order chi connectivity index (χ0) is 18.7. The number of esters is 1. The van der Waals surface area contributed by atoms with E-state index in [1.54, 1.807) is 6.92 Å². The zero-order valence-corrected chi connectivity index (χ0v) is 15.6. The van der Waals surface area contributed by atoms with Gasteiger partial charge in [-0.15, -0.1) is 0 Å². The lowest BCUT2D eigenvalue weighted by atomic mass is 10.0. The van der Waals surface area contributed by atoms with Crippen LogP contribution in [0.15, 0.2) is 24.3 Å². The second kappa shape index (κ2) is 7.72. The third-order valence-electron chi connectivity index (χ3n) is 4.62. The smallest absolute Gasteiger partial charge is 0.359 e. The fourth-order valence-corrected chi connectivity index (χ4v) is 3.27. The summed E-state index contributed by atoms with van der Waals surface area (Å²) >= 11 is 0. The molecule has 26 heavy (non-hydrogen) atoms. The molecule has 0 bridgehead atoms. The van der Waals surface area contributed by atoms with Gasteiger partial charge in [0.1, 0.15) is 0 Å². The van der Waals surface area contributed by atoms with Crippen molar-refractivity contribution in [3.8, 4) is 5.69 Å². The summed E-state index contributed by atoms with van der Waals surface area (Å²) < 4.78 is 7.01. The van der Waals surface area contributed by atoms with Gasteiger partial charge in [0, 0.05) is 31.5 Å². The number of aromatic nitrogens is 2. The summed E-state index contributed by atoms with van der Waals surface area (Å²) in [7, 11) is 0. The first-order chi connectivity index (χ1) is 12.5. The Labute approximate surface area is 153 Å². The maximum absolute atomic E-state index is 12.4. The fraction of sp³-hybridized carbons (Fsp3) is 0.450. The predicted octanol–water partition coefficient (Wildman–Crippen LogP) is 3.04. The van der Waals surface area contributed by atoms with Gasteiger partial charge in [-0.1, -0.05) is 24.6 Å². The second-order valence-electron chi connectivity index (χ2n) is 6.56. The number of carbonyl (C=O) groups is 2. The number of hydrogen-bond acceptors (Lipinski definition) is 4. The van der Waals surface area contributed by atoms with Gasteiger partial charge in [0.25, 0.3) is 0 Å². The van der Waals surface area contributed by atoms with Crippen molar-refractivity contribution in [2.45, 2.75) is 46.6 Å². The minimum absolute atomic E-state index is 0.121. The Hall–Kier alpha value is -2.63. The number of fused-ring (bicyclic) bond motifs is 1. The van der Waals surface area contributed by atoms with E-state index in [0.29, 0.717) is 38.2 Å². The minimum atomic E-state index is -0.431. The summed E-state index contributed by atoms with van der Waals surface area (Å²) in [6, 6.07) is 8.03. The van der Waals surface area contributed by atoms with Crippen molar-refractivity contribution in [2.24, 2.45) is 0 Å². The van der Waals surface area contributed by atoms with Crippen LogP contribution in [0.4, 0.5) is 0 Å². The van der Waals surface area contributed by atoms with Gasteiger partial charge in [0.15, 0.2) is 5.69 Å². The Morgan fingerprint density at radius 1 is 1.19 bits per heavy atom. The average Bonchev–Trinajstić information content (AvgIpc) is 3.02. The van der Waals surface area contributed by atoms with Crippen LogP contribution < -0.4 is 0 Å². The molecule has 1 aromatic carbocycles. The number of ether oxygens (including phenoxy) is 1. The SMILES string of the molecule is CCCC(=O)N1CCc2c(c(C(=O)OCC)nn2-c2ccc(C)cc2)C1. The van der Waals surface area contributed by atoms with E-state index in [1.807, 2.05) is 47.7 Å². The number of amides is 1. The molecule has 0 spiro atoms. The number of carbonyl (C=O) groups excluding carboxylic acids is 2. The normalized spacial score (nSPS) is 13.4. The Bertz CT molecular complexity index is 808. The molecule has 0 atom stereocenters. The highest BCUT2D eigenvalue weighted by atomic mass is 16.5. The van der Waals surface area contributed by atoms with Gasteiger partial charge in [0.05, 0.1) is 18.0 Å². The summed E-state index contributed by atoms with van der Waals surface area (Å²) in [5.41, 5.74) is 4.18. The number of rotatable bonds is 5. The van der Waals surface area contributed by atoms with E-state index in [9.17, 15) is 9.59 Å². The van der Waals surface area contributed by atoms with E-state index >= 15 is 0 Å².